The average molecular weight is 351 g/mol. The summed E-state index contributed by atoms with van der Waals surface area (Å²) in [5.41, 5.74) is 0.395. The van der Waals surface area contributed by atoms with Crippen LogP contribution in [0.4, 0.5) is 4.79 Å². The van der Waals surface area contributed by atoms with Gasteiger partial charge in [0.2, 0.25) is 0 Å². The molecular formula is C17H19ClN2O4. The van der Waals surface area contributed by atoms with Gasteiger partial charge in [-0.3, -0.25) is 0 Å². The van der Waals surface area contributed by atoms with E-state index in [2.05, 4.69) is 0 Å². The van der Waals surface area contributed by atoms with Crippen molar-refractivity contribution in [2.24, 2.45) is 0 Å². The number of rotatable bonds is 2. The molecule has 0 aliphatic carbocycles. The summed E-state index contributed by atoms with van der Waals surface area (Å²) < 4.78 is 7.22. The molecule has 1 aliphatic heterocycles. The molecule has 1 saturated heterocycles. The fourth-order valence-corrected chi connectivity index (χ4v) is 3.11. The minimum absolute atomic E-state index is 0.00610. The summed E-state index contributed by atoms with van der Waals surface area (Å²) in [6.45, 7) is 6.42. The maximum absolute atomic E-state index is 12.0. The van der Waals surface area contributed by atoms with Crippen molar-refractivity contribution in [3.05, 3.63) is 35.0 Å². The van der Waals surface area contributed by atoms with Gasteiger partial charge in [-0.15, -0.1) is 0 Å². The normalized spacial score (nSPS) is 15.4. The average Bonchev–Trinajstić information content (AvgIpc) is 2.76. The van der Waals surface area contributed by atoms with Crippen molar-refractivity contribution in [2.45, 2.75) is 32.4 Å². The van der Waals surface area contributed by atoms with Crippen molar-refractivity contribution in [1.82, 2.24) is 9.47 Å². The standard InChI is InChI=1S/C17H19ClN2O4/c1-17(2,3)24-16(23)19-7-10(8-19)20-9-11(15(21)22)14-12(18)5-4-6-13(14)20/h4-6,9-10H,7-8H2,1-3H3,(H,21,22). The zero-order chi connectivity index (χ0) is 17.6. The van der Waals surface area contributed by atoms with Gasteiger partial charge >= 0.3 is 12.1 Å². The Morgan fingerprint density at radius 1 is 1.29 bits per heavy atom. The summed E-state index contributed by atoms with van der Waals surface area (Å²) in [5, 5.41) is 10.3. The Morgan fingerprint density at radius 2 is 1.96 bits per heavy atom. The molecule has 1 aromatic carbocycles. The Kier molecular flexibility index (Phi) is 3.95. The lowest BCUT2D eigenvalue weighted by atomic mass is 10.1. The highest BCUT2D eigenvalue weighted by Gasteiger charge is 2.36. The zero-order valence-corrected chi connectivity index (χ0v) is 14.5. The predicted octanol–water partition coefficient (Wildman–Crippen LogP) is 3.78. The summed E-state index contributed by atoms with van der Waals surface area (Å²) >= 11 is 6.18. The van der Waals surface area contributed by atoms with E-state index in [0.29, 0.717) is 23.5 Å². The number of carboxylic acid groups (broad SMARTS) is 1. The molecular weight excluding hydrogens is 332 g/mol. The number of benzene rings is 1. The van der Waals surface area contributed by atoms with Gasteiger partial charge in [0.1, 0.15) is 5.60 Å². The third-order valence-electron chi connectivity index (χ3n) is 3.95. The minimum Gasteiger partial charge on any atom is -0.478 e. The molecule has 0 radical (unpaired) electrons. The molecule has 0 spiro atoms. The van der Waals surface area contributed by atoms with E-state index in [0.717, 1.165) is 5.52 Å². The number of likely N-dealkylation sites (tertiary alicyclic amines) is 1. The number of hydrogen-bond donors (Lipinski definition) is 1. The van der Waals surface area contributed by atoms with Crippen LogP contribution in [0.1, 0.15) is 37.2 Å². The van der Waals surface area contributed by atoms with E-state index in [-0.39, 0.29) is 17.7 Å². The Hall–Kier alpha value is -2.21. The number of halogens is 1. The van der Waals surface area contributed by atoms with Crippen molar-refractivity contribution < 1.29 is 19.4 Å². The largest absolute Gasteiger partial charge is 0.478 e. The highest BCUT2D eigenvalue weighted by Crippen LogP contribution is 2.34. The lowest BCUT2D eigenvalue weighted by molar-refractivity contribution is 0.00152. The van der Waals surface area contributed by atoms with Crippen LogP contribution < -0.4 is 0 Å². The molecule has 1 amide bonds. The second-order valence-corrected chi connectivity index (χ2v) is 7.34. The van der Waals surface area contributed by atoms with Crippen molar-refractivity contribution in [3.8, 4) is 0 Å². The van der Waals surface area contributed by atoms with Crippen LogP contribution in [0.2, 0.25) is 5.02 Å². The molecule has 24 heavy (non-hydrogen) atoms. The fourth-order valence-electron chi connectivity index (χ4n) is 2.84. The molecule has 7 heteroatoms. The van der Waals surface area contributed by atoms with Crippen molar-refractivity contribution >= 4 is 34.6 Å². The number of carbonyl (C=O) groups is 2. The van der Waals surface area contributed by atoms with Gasteiger partial charge in [0, 0.05) is 24.7 Å². The van der Waals surface area contributed by atoms with Gasteiger partial charge in [0.05, 0.1) is 22.1 Å². The number of carboxylic acids is 1. The van der Waals surface area contributed by atoms with E-state index >= 15 is 0 Å². The van der Waals surface area contributed by atoms with E-state index < -0.39 is 11.6 Å². The number of aromatic carboxylic acids is 1. The Bertz CT molecular complexity index is 816. The number of fused-ring (bicyclic) bond motifs is 1. The van der Waals surface area contributed by atoms with Crippen LogP contribution in [-0.2, 0) is 4.74 Å². The Morgan fingerprint density at radius 3 is 2.54 bits per heavy atom. The highest BCUT2D eigenvalue weighted by atomic mass is 35.5. The van der Waals surface area contributed by atoms with E-state index in [1.54, 1.807) is 23.2 Å². The summed E-state index contributed by atoms with van der Waals surface area (Å²) in [6.07, 6.45) is 1.24. The first-order valence-corrected chi connectivity index (χ1v) is 8.05. The third-order valence-corrected chi connectivity index (χ3v) is 4.26. The zero-order valence-electron chi connectivity index (χ0n) is 13.7. The topological polar surface area (TPSA) is 71.8 Å². The molecule has 1 aliphatic rings. The van der Waals surface area contributed by atoms with Crippen LogP contribution >= 0.6 is 11.6 Å². The van der Waals surface area contributed by atoms with Crippen LogP contribution in [0.5, 0.6) is 0 Å². The number of hydrogen-bond acceptors (Lipinski definition) is 3. The summed E-state index contributed by atoms with van der Waals surface area (Å²) in [7, 11) is 0. The van der Waals surface area contributed by atoms with Crippen LogP contribution in [0.3, 0.4) is 0 Å². The molecule has 1 aromatic heterocycles. The van der Waals surface area contributed by atoms with Crippen molar-refractivity contribution in [3.63, 3.8) is 0 Å². The molecule has 3 rings (SSSR count). The number of nitrogens with zero attached hydrogens (tertiary/aromatic N) is 2. The molecule has 1 N–H and O–H groups in total. The first-order chi connectivity index (χ1) is 11.2. The maximum atomic E-state index is 12.0. The molecule has 0 bridgehead atoms. The van der Waals surface area contributed by atoms with Gasteiger partial charge in [0.15, 0.2) is 0 Å². The van der Waals surface area contributed by atoms with Crippen LogP contribution in [0.15, 0.2) is 24.4 Å². The van der Waals surface area contributed by atoms with E-state index in [4.69, 9.17) is 16.3 Å². The monoisotopic (exact) mass is 350 g/mol. The van der Waals surface area contributed by atoms with Gasteiger partial charge in [-0.25, -0.2) is 9.59 Å². The van der Waals surface area contributed by atoms with E-state index in [9.17, 15) is 14.7 Å². The van der Waals surface area contributed by atoms with Gasteiger partial charge < -0.3 is 19.3 Å². The highest BCUT2D eigenvalue weighted by molar-refractivity contribution is 6.36. The summed E-state index contributed by atoms with van der Waals surface area (Å²) in [6, 6.07) is 5.31. The third kappa shape index (κ3) is 2.94. The van der Waals surface area contributed by atoms with Crippen LogP contribution in [0, 0.1) is 0 Å². The second-order valence-electron chi connectivity index (χ2n) is 6.93. The molecule has 2 heterocycles. The van der Waals surface area contributed by atoms with Crippen molar-refractivity contribution in [2.75, 3.05) is 13.1 Å². The molecule has 0 saturated carbocycles. The van der Waals surface area contributed by atoms with Gasteiger partial charge in [-0.1, -0.05) is 17.7 Å². The molecule has 2 aromatic rings. The van der Waals surface area contributed by atoms with E-state index in [1.807, 2.05) is 31.4 Å². The number of amides is 1. The quantitative estimate of drug-likeness (QED) is 0.894. The van der Waals surface area contributed by atoms with Gasteiger partial charge in [-0.05, 0) is 32.9 Å². The number of aromatic nitrogens is 1. The number of ether oxygens (including phenoxy) is 1. The minimum atomic E-state index is -1.02. The molecule has 6 nitrogen and oxygen atoms in total. The molecule has 128 valence electrons. The molecule has 0 atom stereocenters. The number of carbonyl (C=O) groups excluding carboxylic acids is 1. The SMILES string of the molecule is CC(C)(C)OC(=O)N1CC(n2cc(C(=O)O)c3c(Cl)cccc32)C1. The maximum Gasteiger partial charge on any atom is 0.410 e. The second kappa shape index (κ2) is 5.70. The summed E-state index contributed by atoms with van der Waals surface area (Å²) in [4.78, 5) is 25.1. The fraction of sp³-hybridized carbons (Fsp3) is 0.412. The summed E-state index contributed by atoms with van der Waals surface area (Å²) in [5.74, 6) is -1.02. The Balaban J connectivity index is 1.84. The predicted molar refractivity (Wildman–Crippen MR) is 90.8 cm³/mol. The Labute approximate surface area is 144 Å². The molecule has 1 fully saturated rings. The smallest absolute Gasteiger partial charge is 0.410 e. The first-order valence-electron chi connectivity index (χ1n) is 7.67. The van der Waals surface area contributed by atoms with Crippen LogP contribution in [0.25, 0.3) is 10.9 Å². The van der Waals surface area contributed by atoms with Crippen molar-refractivity contribution in [1.29, 1.82) is 0 Å². The van der Waals surface area contributed by atoms with Gasteiger partial charge in [-0.2, -0.15) is 0 Å². The lowest BCUT2D eigenvalue weighted by Gasteiger charge is -2.40. The molecule has 0 unspecified atom stereocenters. The lowest BCUT2D eigenvalue weighted by Crippen LogP contribution is -2.52. The van der Waals surface area contributed by atoms with Gasteiger partial charge in [0.25, 0.3) is 0 Å². The van der Waals surface area contributed by atoms with Crippen LogP contribution in [-0.4, -0.2) is 45.3 Å². The first kappa shape index (κ1) is 16.6. The van der Waals surface area contributed by atoms with E-state index in [1.165, 1.54) is 0 Å².